The molecule has 1 aliphatic carbocycles. The van der Waals surface area contributed by atoms with Crippen molar-refractivity contribution < 1.29 is 9.18 Å². The first-order chi connectivity index (χ1) is 11.2. The Hall–Kier alpha value is -1.91. The van der Waals surface area contributed by atoms with Gasteiger partial charge in [0.2, 0.25) is 0 Å². The molecule has 1 aliphatic heterocycles. The van der Waals surface area contributed by atoms with Gasteiger partial charge in [0.1, 0.15) is 17.2 Å². The molecule has 1 saturated heterocycles. The Morgan fingerprint density at radius 2 is 2.04 bits per heavy atom. The second-order valence-corrected chi connectivity index (χ2v) is 8.77. The van der Waals surface area contributed by atoms with Crippen LogP contribution < -0.4 is 0 Å². The lowest BCUT2D eigenvalue weighted by Gasteiger charge is -2.39. The van der Waals surface area contributed by atoms with Crippen molar-refractivity contribution in [2.45, 2.75) is 53.0 Å². The maximum absolute atomic E-state index is 13.7. The number of likely N-dealkylation sites (tertiary alicyclic amines) is 1. The zero-order valence-electron chi connectivity index (χ0n) is 14.8. The van der Waals surface area contributed by atoms with Gasteiger partial charge in [-0.1, -0.05) is 20.8 Å². The highest BCUT2D eigenvalue weighted by Crippen LogP contribution is 2.52. The van der Waals surface area contributed by atoms with Gasteiger partial charge in [-0.3, -0.25) is 9.20 Å². The van der Waals surface area contributed by atoms with Gasteiger partial charge >= 0.3 is 0 Å². The minimum Gasteiger partial charge on any atom is -0.334 e. The number of halogens is 1. The first kappa shape index (κ1) is 15.6. The first-order valence-corrected chi connectivity index (χ1v) is 8.63. The molecule has 5 heteroatoms. The number of rotatable bonds is 1. The summed E-state index contributed by atoms with van der Waals surface area (Å²) in [5.41, 5.74) is 2.22. The van der Waals surface area contributed by atoms with E-state index in [1.807, 2.05) is 11.8 Å². The molecule has 2 bridgehead atoms. The van der Waals surface area contributed by atoms with Crippen molar-refractivity contribution in [3.05, 3.63) is 35.5 Å². The molecule has 2 aromatic rings. The summed E-state index contributed by atoms with van der Waals surface area (Å²) in [7, 11) is 0. The number of nitrogens with zero attached hydrogens (tertiary/aromatic N) is 3. The van der Waals surface area contributed by atoms with Crippen molar-refractivity contribution in [3.8, 4) is 0 Å². The number of carbonyl (C=O) groups excluding carboxylic acids is 1. The fourth-order valence-corrected chi connectivity index (χ4v) is 5.23. The predicted octanol–water partition coefficient (Wildman–Crippen LogP) is 3.82. The standard InChI is InChI=1S/C19H24FN3O/c1-12-16(22-9-13(20)5-6-15(22)21-12)17(24)23-11-19(4)8-14(23)7-18(2,3)10-19/h5-6,9,14H,7-8,10-11H2,1-4H3. The van der Waals surface area contributed by atoms with Gasteiger partial charge in [-0.05, 0) is 49.1 Å². The number of amides is 1. The van der Waals surface area contributed by atoms with Crippen LogP contribution in [-0.2, 0) is 0 Å². The molecule has 2 unspecified atom stereocenters. The molecule has 2 aliphatic rings. The van der Waals surface area contributed by atoms with E-state index in [0.717, 1.165) is 25.8 Å². The van der Waals surface area contributed by atoms with Crippen LogP contribution >= 0.6 is 0 Å². The van der Waals surface area contributed by atoms with Gasteiger partial charge in [0.05, 0.1) is 5.69 Å². The summed E-state index contributed by atoms with van der Waals surface area (Å²) in [5, 5.41) is 0. The second-order valence-electron chi connectivity index (χ2n) is 8.77. The monoisotopic (exact) mass is 329 g/mol. The molecule has 0 aromatic carbocycles. The van der Waals surface area contributed by atoms with Crippen molar-refractivity contribution in [2.75, 3.05) is 6.54 Å². The maximum Gasteiger partial charge on any atom is 0.273 e. The van der Waals surface area contributed by atoms with E-state index in [0.29, 0.717) is 17.0 Å². The minimum absolute atomic E-state index is 0.0166. The molecule has 128 valence electrons. The number of fused-ring (bicyclic) bond motifs is 3. The molecule has 4 rings (SSSR count). The number of pyridine rings is 1. The van der Waals surface area contributed by atoms with Crippen LogP contribution in [0.2, 0.25) is 0 Å². The molecule has 0 spiro atoms. The summed E-state index contributed by atoms with van der Waals surface area (Å²) < 4.78 is 15.3. The zero-order chi connectivity index (χ0) is 17.3. The highest BCUT2D eigenvalue weighted by Gasteiger charge is 2.51. The molecule has 3 heterocycles. The highest BCUT2D eigenvalue weighted by molar-refractivity contribution is 5.95. The molecule has 24 heavy (non-hydrogen) atoms. The van der Waals surface area contributed by atoms with E-state index in [9.17, 15) is 9.18 Å². The smallest absolute Gasteiger partial charge is 0.273 e. The lowest BCUT2D eigenvalue weighted by Crippen LogP contribution is -2.38. The summed E-state index contributed by atoms with van der Waals surface area (Å²) in [6.07, 6.45) is 4.59. The summed E-state index contributed by atoms with van der Waals surface area (Å²) >= 11 is 0. The molecule has 1 saturated carbocycles. The highest BCUT2D eigenvalue weighted by atomic mass is 19.1. The minimum atomic E-state index is -0.359. The molecule has 4 nitrogen and oxygen atoms in total. The molecular weight excluding hydrogens is 305 g/mol. The van der Waals surface area contributed by atoms with E-state index < -0.39 is 0 Å². The summed E-state index contributed by atoms with van der Waals surface area (Å²) in [6.45, 7) is 9.48. The van der Waals surface area contributed by atoms with E-state index >= 15 is 0 Å². The van der Waals surface area contributed by atoms with Gasteiger partial charge in [0.15, 0.2) is 0 Å². The van der Waals surface area contributed by atoms with Crippen molar-refractivity contribution in [1.82, 2.24) is 14.3 Å². The number of aromatic nitrogens is 2. The quantitative estimate of drug-likeness (QED) is 0.797. The molecule has 0 N–H and O–H groups in total. The first-order valence-electron chi connectivity index (χ1n) is 8.63. The lowest BCUT2D eigenvalue weighted by molar-refractivity contribution is 0.0700. The maximum atomic E-state index is 13.7. The summed E-state index contributed by atoms with van der Waals surface area (Å²) in [6, 6.07) is 3.26. The second kappa shape index (κ2) is 4.80. The predicted molar refractivity (Wildman–Crippen MR) is 90.5 cm³/mol. The largest absolute Gasteiger partial charge is 0.334 e. The van der Waals surface area contributed by atoms with Gasteiger partial charge in [-0.2, -0.15) is 0 Å². The van der Waals surface area contributed by atoms with E-state index in [-0.39, 0.29) is 28.6 Å². The van der Waals surface area contributed by atoms with E-state index in [1.54, 1.807) is 10.5 Å². The Labute approximate surface area is 141 Å². The van der Waals surface area contributed by atoms with Gasteiger partial charge < -0.3 is 4.90 Å². The summed E-state index contributed by atoms with van der Waals surface area (Å²) in [4.78, 5) is 19.7. The van der Waals surface area contributed by atoms with Crippen LogP contribution in [0.1, 0.15) is 56.2 Å². The molecule has 2 aromatic heterocycles. The molecular formula is C19H24FN3O. The third-order valence-electron chi connectivity index (χ3n) is 5.63. The third kappa shape index (κ3) is 2.33. The Kier molecular flexibility index (Phi) is 3.12. The molecule has 2 fully saturated rings. The topological polar surface area (TPSA) is 37.6 Å². The number of hydrogen-bond donors (Lipinski definition) is 0. The Balaban J connectivity index is 1.75. The number of imidazole rings is 1. The van der Waals surface area contributed by atoms with E-state index in [2.05, 4.69) is 25.8 Å². The van der Waals surface area contributed by atoms with Crippen molar-refractivity contribution in [1.29, 1.82) is 0 Å². The fraction of sp³-hybridized carbons (Fsp3) is 0.579. The van der Waals surface area contributed by atoms with Gasteiger partial charge in [0.25, 0.3) is 5.91 Å². The van der Waals surface area contributed by atoms with Crippen LogP contribution in [-0.4, -0.2) is 32.8 Å². The van der Waals surface area contributed by atoms with Gasteiger partial charge in [-0.25, -0.2) is 9.37 Å². The average Bonchev–Trinajstić information content (AvgIpc) is 2.89. The molecule has 2 atom stereocenters. The van der Waals surface area contributed by atoms with Crippen LogP contribution in [0.3, 0.4) is 0 Å². The third-order valence-corrected chi connectivity index (χ3v) is 5.63. The van der Waals surface area contributed by atoms with Crippen molar-refractivity contribution >= 4 is 11.6 Å². The molecule has 1 amide bonds. The number of aryl methyl sites for hydroxylation is 1. The number of carbonyl (C=O) groups is 1. The Morgan fingerprint density at radius 1 is 1.29 bits per heavy atom. The van der Waals surface area contributed by atoms with Gasteiger partial charge in [0, 0.05) is 18.8 Å². The molecule has 0 radical (unpaired) electrons. The average molecular weight is 329 g/mol. The fourth-order valence-electron chi connectivity index (χ4n) is 5.23. The van der Waals surface area contributed by atoms with Crippen LogP contribution in [0.5, 0.6) is 0 Å². The van der Waals surface area contributed by atoms with Gasteiger partial charge in [-0.15, -0.1) is 0 Å². The number of hydrogen-bond acceptors (Lipinski definition) is 2. The van der Waals surface area contributed by atoms with Crippen molar-refractivity contribution in [2.24, 2.45) is 10.8 Å². The zero-order valence-corrected chi connectivity index (χ0v) is 14.8. The SMILES string of the molecule is Cc1nc2ccc(F)cn2c1C(=O)N1CC2(C)CC1CC(C)(C)C2. The van der Waals surface area contributed by atoms with Crippen LogP contribution in [0, 0.1) is 23.6 Å². The van der Waals surface area contributed by atoms with Crippen LogP contribution in [0.4, 0.5) is 4.39 Å². The van der Waals surface area contributed by atoms with E-state index in [1.165, 1.54) is 12.3 Å². The normalized spacial score (nSPS) is 28.5. The van der Waals surface area contributed by atoms with E-state index in [4.69, 9.17) is 0 Å². The van der Waals surface area contributed by atoms with Crippen molar-refractivity contribution in [3.63, 3.8) is 0 Å². The van der Waals surface area contributed by atoms with Crippen LogP contribution in [0.25, 0.3) is 5.65 Å². The summed E-state index contributed by atoms with van der Waals surface area (Å²) in [5.74, 6) is -0.376. The lowest BCUT2D eigenvalue weighted by atomic mass is 9.65. The Bertz CT molecular complexity index is 840. The van der Waals surface area contributed by atoms with Crippen LogP contribution in [0.15, 0.2) is 18.3 Å². The Morgan fingerprint density at radius 3 is 2.79 bits per heavy atom.